The Labute approximate surface area is 199 Å². The van der Waals surface area contributed by atoms with E-state index < -0.39 is 5.92 Å². The fourth-order valence-corrected chi connectivity index (χ4v) is 4.22. The molecule has 9 nitrogen and oxygen atoms in total. The number of nitrogens with two attached hydrogens (primary N) is 1. The van der Waals surface area contributed by atoms with Gasteiger partial charge in [-0.3, -0.25) is 4.79 Å². The number of pyridine rings is 1. The lowest BCUT2D eigenvalue weighted by Crippen LogP contribution is -2.35. The van der Waals surface area contributed by atoms with E-state index in [-0.39, 0.29) is 17.0 Å². The normalized spacial score (nSPS) is 14.9. The minimum absolute atomic E-state index is 0.0373. The van der Waals surface area contributed by atoms with E-state index in [1.165, 1.54) is 21.3 Å². The van der Waals surface area contributed by atoms with Crippen LogP contribution in [0.2, 0.25) is 0 Å². The Balaban J connectivity index is 2.35. The molecule has 0 saturated carbocycles. The van der Waals surface area contributed by atoms with Crippen LogP contribution < -0.4 is 30.2 Å². The molecular weight excluding hydrogens is 436 g/mol. The molecule has 182 valence electrons. The minimum atomic E-state index is -0.794. The summed E-state index contributed by atoms with van der Waals surface area (Å²) in [5.74, 6) is 0.869. The number of aromatic nitrogens is 1. The number of nitriles is 1. The lowest BCUT2D eigenvalue weighted by atomic mass is 9.83. The Hall–Kier alpha value is -3.64. The zero-order chi connectivity index (χ0) is 25.0. The van der Waals surface area contributed by atoms with Gasteiger partial charge in [-0.2, -0.15) is 5.26 Å². The van der Waals surface area contributed by atoms with Crippen molar-refractivity contribution >= 4 is 0 Å². The van der Waals surface area contributed by atoms with Crippen molar-refractivity contribution in [2.45, 2.75) is 32.2 Å². The smallest absolute Gasteiger partial charge is 0.258 e. The fourth-order valence-electron chi connectivity index (χ4n) is 4.22. The quantitative estimate of drug-likeness (QED) is 0.598. The maximum Gasteiger partial charge on any atom is 0.258 e. The average molecular weight is 469 g/mol. The Kier molecular flexibility index (Phi) is 7.74. The molecule has 1 aromatic carbocycles. The molecule has 0 saturated heterocycles. The largest absolute Gasteiger partial charge is 0.496 e. The highest BCUT2D eigenvalue weighted by atomic mass is 16.5. The van der Waals surface area contributed by atoms with Crippen molar-refractivity contribution in [1.29, 1.82) is 5.26 Å². The highest BCUT2D eigenvalue weighted by molar-refractivity contribution is 5.61. The molecule has 0 spiro atoms. The minimum Gasteiger partial charge on any atom is -0.496 e. The molecule has 0 aliphatic carbocycles. The maximum absolute atomic E-state index is 13.9. The second-order valence-electron chi connectivity index (χ2n) is 8.30. The van der Waals surface area contributed by atoms with Crippen LogP contribution in [0.4, 0.5) is 0 Å². The summed E-state index contributed by atoms with van der Waals surface area (Å²) in [7, 11) is 8.48. The van der Waals surface area contributed by atoms with E-state index in [2.05, 4.69) is 13.0 Å². The first-order valence-electron chi connectivity index (χ1n) is 11.1. The molecule has 2 N–H and O–H groups in total. The van der Waals surface area contributed by atoms with E-state index in [0.717, 1.165) is 12.1 Å². The first-order valence-corrected chi connectivity index (χ1v) is 11.1. The van der Waals surface area contributed by atoms with Crippen LogP contribution >= 0.6 is 0 Å². The predicted molar refractivity (Wildman–Crippen MR) is 129 cm³/mol. The third-order valence-electron chi connectivity index (χ3n) is 5.89. The number of likely N-dealkylation sites (N-methyl/N-ethyl adjacent to an activating group) is 1. The van der Waals surface area contributed by atoms with E-state index in [4.69, 9.17) is 24.7 Å². The number of fused-ring (bicyclic) bond motifs is 1. The van der Waals surface area contributed by atoms with Crippen molar-refractivity contribution in [3.8, 4) is 29.1 Å². The second kappa shape index (κ2) is 10.5. The molecule has 1 aliphatic heterocycles. The van der Waals surface area contributed by atoms with Crippen molar-refractivity contribution in [2.24, 2.45) is 5.73 Å². The molecule has 0 radical (unpaired) electrons. The van der Waals surface area contributed by atoms with E-state index in [1.807, 2.05) is 25.1 Å². The van der Waals surface area contributed by atoms with Gasteiger partial charge in [0.1, 0.15) is 23.1 Å². The lowest BCUT2D eigenvalue weighted by Gasteiger charge is -2.29. The first kappa shape index (κ1) is 25.0. The number of aryl methyl sites for hydroxylation is 1. The van der Waals surface area contributed by atoms with E-state index in [0.29, 0.717) is 53.6 Å². The second-order valence-corrected chi connectivity index (χ2v) is 8.30. The number of rotatable bonds is 9. The molecule has 9 heteroatoms. The molecule has 0 fully saturated rings. The number of benzene rings is 1. The van der Waals surface area contributed by atoms with Crippen LogP contribution in [0.15, 0.2) is 34.4 Å². The Morgan fingerprint density at radius 1 is 1.12 bits per heavy atom. The lowest BCUT2D eigenvalue weighted by molar-refractivity contribution is 0.345. The third-order valence-corrected chi connectivity index (χ3v) is 5.89. The monoisotopic (exact) mass is 468 g/mol. The first-order chi connectivity index (χ1) is 16.3. The number of hydrogen-bond acceptors (Lipinski definition) is 8. The number of methoxy groups -OCH3 is 3. The highest BCUT2D eigenvalue weighted by Crippen LogP contribution is 2.46. The van der Waals surface area contributed by atoms with Gasteiger partial charge in [0.25, 0.3) is 5.56 Å². The summed E-state index contributed by atoms with van der Waals surface area (Å²) in [6, 6.07) is 7.39. The van der Waals surface area contributed by atoms with Crippen LogP contribution in [0.25, 0.3) is 0 Å². The van der Waals surface area contributed by atoms with Gasteiger partial charge in [0.15, 0.2) is 11.5 Å². The summed E-state index contributed by atoms with van der Waals surface area (Å²) in [4.78, 5) is 16.0. The molecule has 2 heterocycles. The molecule has 1 aliphatic rings. The van der Waals surface area contributed by atoms with Crippen molar-refractivity contribution in [2.75, 3.05) is 42.0 Å². The zero-order valence-corrected chi connectivity index (χ0v) is 20.6. The van der Waals surface area contributed by atoms with Gasteiger partial charge in [-0.1, -0.05) is 13.3 Å². The topological polar surface area (TPSA) is 112 Å². The van der Waals surface area contributed by atoms with Gasteiger partial charge in [0.2, 0.25) is 5.88 Å². The maximum atomic E-state index is 13.9. The summed E-state index contributed by atoms with van der Waals surface area (Å²) >= 11 is 0. The van der Waals surface area contributed by atoms with Crippen molar-refractivity contribution < 1.29 is 18.9 Å². The molecule has 34 heavy (non-hydrogen) atoms. The Morgan fingerprint density at radius 2 is 1.76 bits per heavy atom. The predicted octanol–water partition coefficient (Wildman–Crippen LogP) is 2.61. The van der Waals surface area contributed by atoms with E-state index in [1.54, 1.807) is 16.7 Å². The van der Waals surface area contributed by atoms with Gasteiger partial charge in [0, 0.05) is 36.5 Å². The standard InChI is InChI=1S/C25H32N4O5/c1-7-8-15-11-21-23(25(30)29(15)10-9-28(2)3)22(17(14-26)24(27)34-21)16-12-19(32-5)20(33-6)13-18(16)31-4/h11-13,22H,7-10,27H2,1-6H3. The molecule has 3 rings (SSSR count). The average Bonchev–Trinajstić information content (AvgIpc) is 2.82. The molecule has 0 amide bonds. The fraction of sp³-hybridized carbons (Fsp3) is 0.440. The summed E-state index contributed by atoms with van der Waals surface area (Å²) in [5, 5.41) is 10.0. The summed E-state index contributed by atoms with van der Waals surface area (Å²) in [6.45, 7) is 3.25. The van der Waals surface area contributed by atoms with Gasteiger partial charge in [0.05, 0.1) is 32.8 Å². The van der Waals surface area contributed by atoms with Crippen molar-refractivity contribution in [3.05, 3.63) is 56.8 Å². The number of hydrogen-bond donors (Lipinski definition) is 1. The van der Waals surface area contributed by atoms with Gasteiger partial charge in [-0.25, -0.2) is 0 Å². The zero-order valence-electron chi connectivity index (χ0n) is 20.6. The number of ether oxygens (including phenoxy) is 4. The van der Waals surface area contributed by atoms with E-state index >= 15 is 0 Å². The van der Waals surface area contributed by atoms with Gasteiger partial charge in [-0.05, 0) is 26.6 Å². The molecule has 1 atom stereocenters. The third kappa shape index (κ3) is 4.54. The van der Waals surface area contributed by atoms with Crippen LogP contribution in [-0.2, 0) is 13.0 Å². The Bertz CT molecular complexity index is 1190. The van der Waals surface area contributed by atoms with Crippen LogP contribution in [0.3, 0.4) is 0 Å². The molecule has 2 aromatic rings. The summed E-state index contributed by atoms with van der Waals surface area (Å²) in [6.07, 6.45) is 1.57. The SMILES string of the molecule is CCCc1cc2c(c(=O)n1CCN(C)C)C(c1cc(OC)c(OC)cc1OC)C(C#N)=C(N)O2. The van der Waals surface area contributed by atoms with Crippen LogP contribution in [0, 0.1) is 11.3 Å². The van der Waals surface area contributed by atoms with E-state index in [9.17, 15) is 10.1 Å². The van der Waals surface area contributed by atoms with Crippen LogP contribution in [0.5, 0.6) is 23.0 Å². The number of nitrogens with zero attached hydrogens (tertiary/aromatic N) is 3. The van der Waals surface area contributed by atoms with Gasteiger partial charge >= 0.3 is 0 Å². The molecule has 1 unspecified atom stereocenters. The van der Waals surface area contributed by atoms with Gasteiger partial charge in [-0.15, -0.1) is 0 Å². The van der Waals surface area contributed by atoms with Gasteiger partial charge < -0.3 is 34.1 Å². The van der Waals surface area contributed by atoms with Crippen LogP contribution in [0.1, 0.15) is 36.1 Å². The number of allylic oxidation sites excluding steroid dienone is 1. The molecule has 1 aromatic heterocycles. The summed E-state index contributed by atoms with van der Waals surface area (Å²) in [5.41, 5.74) is 7.86. The van der Waals surface area contributed by atoms with Crippen molar-refractivity contribution in [1.82, 2.24) is 9.47 Å². The molecular formula is C25H32N4O5. The Morgan fingerprint density at radius 3 is 2.32 bits per heavy atom. The molecule has 0 bridgehead atoms. The highest BCUT2D eigenvalue weighted by Gasteiger charge is 2.37. The van der Waals surface area contributed by atoms with Crippen LogP contribution in [-0.4, -0.2) is 51.4 Å². The van der Waals surface area contributed by atoms with Crippen molar-refractivity contribution in [3.63, 3.8) is 0 Å². The summed E-state index contributed by atoms with van der Waals surface area (Å²) < 4.78 is 24.1.